The first-order valence-electron chi connectivity index (χ1n) is 8.37. The predicted octanol–water partition coefficient (Wildman–Crippen LogP) is 1.86. The number of benzene rings is 1. The lowest BCUT2D eigenvalue weighted by Gasteiger charge is -2.32. The van der Waals surface area contributed by atoms with Crippen LogP contribution >= 0.6 is 0 Å². The standard InChI is InChI=1S/C18H28N2O4/c1-19-14-9-11-20(12-10-14)16(21)8-6-13-5-7-15(22-2)18(24-4)17(13)23-3/h5,7,14,19H,6,8-12H2,1-4H3. The molecular formula is C18H28N2O4. The highest BCUT2D eigenvalue weighted by Crippen LogP contribution is 2.40. The van der Waals surface area contributed by atoms with E-state index >= 15 is 0 Å². The summed E-state index contributed by atoms with van der Waals surface area (Å²) in [5.41, 5.74) is 0.952. The Labute approximate surface area is 144 Å². The summed E-state index contributed by atoms with van der Waals surface area (Å²) in [5, 5.41) is 3.28. The zero-order valence-electron chi connectivity index (χ0n) is 15.1. The largest absolute Gasteiger partial charge is 0.493 e. The number of aryl methyl sites for hydroxylation is 1. The number of hydrogen-bond donors (Lipinski definition) is 1. The third kappa shape index (κ3) is 4.12. The molecule has 6 heteroatoms. The van der Waals surface area contributed by atoms with E-state index < -0.39 is 0 Å². The van der Waals surface area contributed by atoms with Crippen molar-refractivity contribution in [1.29, 1.82) is 0 Å². The van der Waals surface area contributed by atoms with Gasteiger partial charge < -0.3 is 24.4 Å². The Morgan fingerprint density at radius 2 is 1.79 bits per heavy atom. The minimum atomic E-state index is 0.196. The van der Waals surface area contributed by atoms with Crippen molar-refractivity contribution >= 4 is 5.91 Å². The number of nitrogens with zero attached hydrogens (tertiary/aromatic N) is 1. The van der Waals surface area contributed by atoms with E-state index in [-0.39, 0.29) is 5.91 Å². The van der Waals surface area contributed by atoms with E-state index in [1.54, 1.807) is 21.3 Å². The van der Waals surface area contributed by atoms with Crippen molar-refractivity contribution in [3.8, 4) is 17.2 Å². The lowest BCUT2D eigenvalue weighted by Crippen LogP contribution is -2.44. The molecule has 0 aromatic heterocycles. The Hall–Kier alpha value is -1.95. The normalized spacial score (nSPS) is 15.2. The molecule has 1 N–H and O–H groups in total. The molecule has 0 atom stereocenters. The molecular weight excluding hydrogens is 308 g/mol. The van der Waals surface area contributed by atoms with Crippen LogP contribution in [0.5, 0.6) is 17.2 Å². The second-order valence-corrected chi connectivity index (χ2v) is 5.94. The Bertz CT molecular complexity index is 554. The summed E-state index contributed by atoms with van der Waals surface area (Å²) in [6.07, 6.45) is 3.12. The molecule has 0 radical (unpaired) electrons. The summed E-state index contributed by atoms with van der Waals surface area (Å²) < 4.78 is 16.2. The molecule has 1 fully saturated rings. The SMILES string of the molecule is CNC1CCN(C(=O)CCc2ccc(OC)c(OC)c2OC)CC1. The van der Waals surface area contributed by atoms with Gasteiger partial charge in [-0.05, 0) is 37.9 Å². The molecule has 6 nitrogen and oxygen atoms in total. The summed E-state index contributed by atoms with van der Waals surface area (Å²) in [7, 11) is 6.76. The van der Waals surface area contributed by atoms with Crippen LogP contribution in [0.1, 0.15) is 24.8 Å². The van der Waals surface area contributed by atoms with Crippen LogP contribution in [0.3, 0.4) is 0 Å². The van der Waals surface area contributed by atoms with E-state index in [4.69, 9.17) is 14.2 Å². The fraction of sp³-hybridized carbons (Fsp3) is 0.611. The van der Waals surface area contributed by atoms with Crippen LogP contribution in [0.4, 0.5) is 0 Å². The zero-order chi connectivity index (χ0) is 17.5. The molecule has 2 rings (SSSR count). The van der Waals surface area contributed by atoms with Crippen molar-refractivity contribution < 1.29 is 19.0 Å². The Morgan fingerprint density at radius 3 is 2.33 bits per heavy atom. The van der Waals surface area contributed by atoms with Crippen LogP contribution in [-0.2, 0) is 11.2 Å². The number of rotatable bonds is 7. The number of methoxy groups -OCH3 is 3. The van der Waals surface area contributed by atoms with Gasteiger partial charge in [0, 0.05) is 25.6 Å². The number of piperidine rings is 1. The van der Waals surface area contributed by atoms with Gasteiger partial charge in [0.1, 0.15) is 0 Å². The number of carbonyl (C=O) groups excluding carboxylic acids is 1. The van der Waals surface area contributed by atoms with Crippen LogP contribution in [0.15, 0.2) is 12.1 Å². The molecule has 1 aliphatic rings. The molecule has 0 unspecified atom stereocenters. The van der Waals surface area contributed by atoms with E-state index in [9.17, 15) is 4.79 Å². The lowest BCUT2D eigenvalue weighted by atomic mass is 10.0. The maximum Gasteiger partial charge on any atom is 0.222 e. The third-order valence-electron chi connectivity index (χ3n) is 4.65. The number of ether oxygens (including phenoxy) is 3. The van der Waals surface area contributed by atoms with Gasteiger partial charge >= 0.3 is 0 Å². The molecule has 0 aliphatic carbocycles. The van der Waals surface area contributed by atoms with Crippen molar-refractivity contribution in [2.45, 2.75) is 31.7 Å². The molecule has 1 amide bonds. The van der Waals surface area contributed by atoms with E-state index in [0.29, 0.717) is 36.1 Å². The van der Waals surface area contributed by atoms with Crippen molar-refractivity contribution in [1.82, 2.24) is 10.2 Å². The van der Waals surface area contributed by atoms with Crippen LogP contribution in [-0.4, -0.2) is 58.3 Å². The number of amides is 1. The quantitative estimate of drug-likeness (QED) is 0.823. The fourth-order valence-electron chi connectivity index (χ4n) is 3.18. The summed E-state index contributed by atoms with van der Waals surface area (Å²) in [5.74, 6) is 2.03. The third-order valence-corrected chi connectivity index (χ3v) is 4.65. The highest BCUT2D eigenvalue weighted by Gasteiger charge is 2.22. The van der Waals surface area contributed by atoms with Crippen LogP contribution in [0, 0.1) is 0 Å². The number of likely N-dealkylation sites (tertiary alicyclic amines) is 1. The maximum absolute atomic E-state index is 12.5. The average molecular weight is 336 g/mol. The van der Waals surface area contributed by atoms with Gasteiger partial charge in [-0.3, -0.25) is 4.79 Å². The molecule has 134 valence electrons. The molecule has 0 bridgehead atoms. The van der Waals surface area contributed by atoms with Crippen LogP contribution < -0.4 is 19.5 Å². The van der Waals surface area contributed by atoms with Gasteiger partial charge in [-0.1, -0.05) is 6.07 Å². The van der Waals surface area contributed by atoms with Crippen molar-refractivity contribution in [3.63, 3.8) is 0 Å². The second-order valence-electron chi connectivity index (χ2n) is 5.94. The highest BCUT2D eigenvalue weighted by atomic mass is 16.5. The molecule has 1 aromatic rings. The van der Waals surface area contributed by atoms with Crippen molar-refractivity contribution in [3.05, 3.63) is 17.7 Å². The number of carbonyl (C=O) groups is 1. The zero-order valence-corrected chi connectivity index (χ0v) is 15.1. The number of hydrogen-bond acceptors (Lipinski definition) is 5. The highest BCUT2D eigenvalue weighted by molar-refractivity contribution is 5.76. The first kappa shape index (κ1) is 18.4. The van der Waals surface area contributed by atoms with Gasteiger partial charge in [-0.15, -0.1) is 0 Å². The van der Waals surface area contributed by atoms with Gasteiger partial charge in [0.15, 0.2) is 11.5 Å². The van der Waals surface area contributed by atoms with Gasteiger partial charge in [-0.25, -0.2) is 0 Å². The molecule has 1 aliphatic heterocycles. The topological polar surface area (TPSA) is 60.0 Å². The molecule has 1 heterocycles. The minimum absolute atomic E-state index is 0.196. The van der Waals surface area contributed by atoms with Crippen molar-refractivity contribution in [2.75, 3.05) is 41.5 Å². The maximum atomic E-state index is 12.5. The average Bonchev–Trinajstić information content (AvgIpc) is 2.64. The molecule has 1 saturated heterocycles. The first-order chi connectivity index (χ1) is 11.6. The monoisotopic (exact) mass is 336 g/mol. The number of nitrogens with one attached hydrogen (secondary N) is 1. The van der Waals surface area contributed by atoms with Crippen LogP contribution in [0.2, 0.25) is 0 Å². The van der Waals surface area contributed by atoms with E-state index in [0.717, 1.165) is 31.5 Å². The molecule has 1 aromatic carbocycles. The Kier molecular flexibility index (Phi) is 6.73. The summed E-state index contributed by atoms with van der Waals surface area (Å²) in [6.45, 7) is 1.65. The van der Waals surface area contributed by atoms with Gasteiger partial charge in [0.05, 0.1) is 21.3 Å². The fourth-order valence-corrected chi connectivity index (χ4v) is 3.18. The van der Waals surface area contributed by atoms with Gasteiger partial charge in [-0.2, -0.15) is 0 Å². The van der Waals surface area contributed by atoms with Gasteiger partial charge in [0.2, 0.25) is 11.7 Å². The van der Waals surface area contributed by atoms with E-state index in [1.807, 2.05) is 24.1 Å². The predicted molar refractivity (Wildman–Crippen MR) is 93.1 cm³/mol. The molecule has 0 spiro atoms. The van der Waals surface area contributed by atoms with Gasteiger partial charge in [0.25, 0.3) is 0 Å². The van der Waals surface area contributed by atoms with Crippen molar-refractivity contribution in [2.24, 2.45) is 0 Å². The Balaban J connectivity index is 2.00. The first-order valence-corrected chi connectivity index (χ1v) is 8.37. The van der Waals surface area contributed by atoms with Crippen LogP contribution in [0.25, 0.3) is 0 Å². The van der Waals surface area contributed by atoms with E-state index in [2.05, 4.69) is 5.32 Å². The smallest absolute Gasteiger partial charge is 0.222 e. The minimum Gasteiger partial charge on any atom is -0.493 e. The Morgan fingerprint density at radius 1 is 1.12 bits per heavy atom. The van der Waals surface area contributed by atoms with E-state index in [1.165, 1.54) is 0 Å². The summed E-state index contributed by atoms with van der Waals surface area (Å²) in [6, 6.07) is 4.31. The molecule has 0 saturated carbocycles. The summed E-state index contributed by atoms with van der Waals surface area (Å²) >= 11 is 0. The second kappa shape index (κ2) is 8.78. The lowest BCUT2D eigenvalue weighted by molar-refractivity contribution is -0.132. The molecule has 24 heavy (non-hydrogen) atoms. The summed E-state index contributed by atoms with van der Waals surface area (Å²) in [4.78, 5) is 14.4.